The van der Waals surface area contributed by atoms with Crippen LogP contribution in [0.2, 0.25) is 5.02 Å². The fourth-order valence-electron chi connectivity index (χ4n) is 2.04. The van der Waals surface area contributed by atoms with Gasteiger partial charge in [0, 0.05) is 11.8 Å². The average Bonchev–Trinajstić information content (AvgIpc) is 2.99. The van der Waals surface area contributed by atoms with Gasteiger partial charge in [-0.15, -0.1) is 0 Å². The first kappa shape index (κ1) is 15.3. The maximum atomic E-state index is 6.23. The van der Waals surface area contributed by atoms with Crippen LogP contribution in [0.25, 0.3) is 22.8 Å². The van der Waals surface area contributed by atoms with Gasteiger partial charge >= 0.3 is 0 Å². The molecule has 0 spiro atoms. The minimum Gasteiger partial charge on any atom is -0.489 e. The van der Waals surface area contributed by atoms with Crippen LogP contribution in [0, 0.1) is 0 Å². The minimum absolute atomic E-state index is 0.0434. The number of anilines is 1. The molecule has 23 heavy (non-hydrogen) atoms. The number of nitrogen functional groups attached to an aromatic ring is 1. The summed E-state index contributed by atoms with van der Waals surface area (Å²) in [5.74, 6) is 1.69. The number of halogens is 1. The van der Waals surface area contributed by atoms with Gasteiger partial charge in [-0.25, -0.2) is 4.98 Å². The molecule has 0 aliphatic carbocycles. The Kier molecular flexibility index (Phi) is 4.16. The molecule has 0 aliphatic rings. The molecule has 2 N–H and O–H groups in total. The first-order valence-electron chi connectivity index (χ1n) is 7.05. The van der Waals surface area contributed by atoms with Gasteiger partial charge in [0.2, 0.25) is 5.82 Å². The Morgan fingerprint density at radius 3 is 2.78 bits per heavy atom. The van der Waals surface area contributed by atoms with Crippen molar-refractivity contribution >= 4 is 17.4 Å². The second kappa shape index (κ2) is 6.26. The van der Waals surface area contributed by atoms with Crippen LogP contribution >= 0.6 is 11.6 Å². The summed E-state index contributed by atoms with van der Waals surface area (Å²) in [5, 5.41) is 4.43. The van der Waals surface area contributed by atoms with Gasteiger partial charge in [0.1, 0.15) is 11.6 Å². The van der Waals surface area contributed by atoms with Crippen LogP contribution in [-0.4, -0.2) is 21.2 Å². The van der Waals surface area contributed by atoms with E-state index in [1.165, 1.54) is 0 Å². The molecule has 0 saturated heterocycles. The number of rotatable bonds is 4. The molecule has 0 fully saturated rings. The molecule has 0 bridgehead atoms. The number of hydrogen-bond acceptors (Lipinski definition) is 6. The van der Waals surface area contributed by atoms with Gasteiger partial charge in [-0.05, 0) is 44.2 Å². The summed E-state index contributed by atoms with van der Waals surface area (Å²) in [5.41, 5.74) is 7.14. The third kappa shape index (κ3) is 3.27. The van der Waals surface area contributed by atoms with Crippen molar-refractivity contribution in [1.29, 1.82) is 0 Å². The first-order valence-corrected chi connectivity index (χ1v) is 7.43. The van der Waals surface area contributed by atoms with Crippen LogP contribution in [0.3, 0.4) is 0 Å². The molecule has 6 nitrogen and oxygen atoms in total. The van der Waals surface area contributed by atoms with E-state index in [1.807, 2.05) is 19.9 Å². The lowest BCUT2D eigenvalue weighted by Crippen LogP contribution is -2.05. The molecule has 7 heteroatoms. The monoisotopic (exact) mass is 330 g/mol. The SMILES string of the molecule is CC(C)Oc1ccc(-c2nc(-c3cccnc3N)no2)cc1Cl. The molecule has 0 aliphatic heterocycles. The number of nitrogens with zero attached hydrogens (tertiary/aromatic N) is 3. The fourth-order valence-corrected chi connectivity index (χ4v) is 2.27. The van der Waals surface area contributed by atoms with Crippen molar-refractivity contribution in [2.45, 2.75) is 20.0 Å². The summed E-state index contributed by atoms with van der Waals surface area (Å²) in [6.45, 7) is 3.87. The van der Waals surface area contributed by atoms with Gasteiger partial charge in [-0.2, -0.15) is 4.98 Å². The fraction of sp³-hybridized carbons (Fsp3) is 0.188. The first-order chi connectivity index (χ1) is 11.0. The standard InChI is InChI=1S/C16H15ClN4O2/c1-9(2)22-13-6-5-10(8-12(13)17)16-20-15(21-23-16)11-4-3-7-19-14(11)18/h3-9H,1-2H3,(H2,18,19). The minimum atomic E-state index is 0.0434. The summed E-state index contributed by atoms with van der Waals surface area (Å²) >= 11 is 6.23. The second-order valence-electron chi connectivity index (χ2n) is 5.17. The number of ether oxygens (including phenoxy) is 1. The lowest BCUT2D eigenvalue weighted by molar-refractivity contribution is 0.242. The lowest BCUT2D eigenvalue weighted by atomic mass is 10.2. The molecule has 0 unspecified atom stereocenters. The lowest BCUT2D eigenvalue weighted by Gasteiger charge is -2.11. The Labute approximate surface area is 138 Å². The summed E-state index contributed by atoms with van der Waals surface area (Å²) in [4.78, 5) is 8.36. The third-order valence-electron chi connectivity index (χ3n) is 3.05. The highest BCUT2D eigenvalue weighted by atomic mass is 35.5. The molecular formula is C16H15ClN4O2. The normalized spacial score (nSPS) is 11.0. The predicted molar refractivity (Wildman–Crippen MR) is 88.2 cm³/mol. The summed E-state index contributed by atoms with van der Waals surface area (Å²) in [6, 6.07) is 8.86. The van der Waals surface area contributed by atoms with Crippen molar-refractivity contribution in [2.24, 2.45) is 0 Å². The van der Waals surface area contributed by atoms with Gasteiger partial charge in [0.25, 0.3) is 5.89 Å². The van der Waals surface area contributed by atoms with Gasteiger partial charge < -0.3 is 15.0 Å². The summed E-state index contributed by atoms with van der Waals surface area (Å²) in [6.07, 6.45) is 1.65. The highest BCUT2D eigenvalue weighted by molar-refractivity contribution is 6.32. The summed E-state index contributed by atoms with van der Waals surface area (Å²) < 4.78 is 10.9. The smallest absolute Gasteiger partial charge is 0.258 e. The van der Waals surface area contributed by atoms with E-state index in [9.17, 15) is 0 Å². The highest BCUT2D eigenvalue weighted by Crippen LogP contribution is 2.31. The van der Waals surface area contributed by atoms with E-state index in [1.54, 1.807) is 30.5 Å². The Morgan fingerprint density at radius 1 is 1.26 bits per heavy atom. The molecule has 1 aromatic carbocycles. The topological polar surface area (TPSA) is 87.1 Å². The molecule has 3 aromatic rings. The summed E-state index contributed by atoms with van der Waals surface area (Å²) in [7, 11) is 0. The molecule has 118 valence electrons. The van der Waals surface area contributed by atoms with Gasteiger partial charge in [0.05, 0.1) is 16.7 Å². The van der Waals surface area contributed by atoms with Gasteiger partial charge in [0.15, 0.2) is 0 Å². The maximum absolute atomic E-state index is 6.23. The van der Waals surface area contributed by atoms with E-state index in [-0.39, 0.29) is 6.10 Å². The Hall–Kier alpha value is -2.60. The van der Waals surface area contributed by atoms with Crippen molar-refractivity contribution in [3.8, 4) is 28.6 Å². The van der Waals surface area contributed by atoms with Crippen LogP contribution in [0.15, 0.2) is 41.1 Å². The molecule has 0 atom stereocenters. The van der Waals surface area contributed by atoms with Crippen LogP contribution in [0.4, 0.5) is 5.82 Å². The number of nitrogens with two attached hydrogens (primary N) is 1. The van der Waals surface area contributed by atoms with E-state index in [4.69, 9.17) is 26.6 Å². The van der Waals surface area contributed by atoms with Gasteiger partial charge in [-0.3, -0.25) is 0 Å². The molecule has 0 saturated carbocycles. The Bertz CT molecular complexity index is 832. The van der Waals surface area contributed by atoms with Crippen LogP contribution in [0.1, 0.15) is 13.8 Å². The molecule has 3 rings (SSSR count). The zero-order chi connectivity index (χ0) is 16.4. The van der Waals surface area contributed by atoms with Crippen molar-refractivity contribution < 1.29 is 9.26 Å². The van der Waals surface area contributed by atoms with E-state index in [2.05, 4.69) is 15.1 Å². The van der Waals surface area contributed by atoms with Crippen molar-refractivity contribution in [1.82, 2.24) is 15.1 Å². The van der Waals surface area contributed by atoms with Crippen LogP contribution < -0.4 is 10.5 Å². The average molecular weight is 331 g/mol. The van der Waals surface area contributed by atoms with Crippen molar-refractivity contribution in [3.05, 3.63) is 41.6 Å². The van der Waals surface area contributed by atoms with Gasteiger partial charge in [-0.1, -0.05) is 16.8 Å². The van der Waals surface area contributed by atoms with Crippen LogP contribution in [-0.2, 0) is 0 Å². The third-order valence-corrected chi connectivity index (χ3v) is 3.34. The predicted octanol–water partition coefficient (Wildman–Crippen LogP) is 3.82. The van der Waals surface area contributed by atoms with E-state index in [0.717, 1.165) is 0 Å². The number of aromatic nitrogens is 3. The van der Waals surface area contributed by atoms with E-state index >= 15 is 0 Å². The van der Waals surface area contributed by atoms with E-state index in [0.29, 0.717) is 39.4 Å². The van der Waals surface area contributed by atoms with E-state index < -0.39 is 0 Å². The quantitative estimate of drug-likeness (QED) is 0.782. The van der Waals surface area contributed by atoms with Crippen molar-refractivity contribution in [3.63, 3.8) is 0 Å². The zero-order valence-electron chi connectivity index (χ0n) is 12.7. The Morgan fingerprint density at radius 2 is 2.09 bits per heavy atom. The maximum Gasteiger partial charge on any atom is 0.258 e. The molecule has 2 heterocycles. The molecular weight excluding hydrogens is 316 g/mol. The highest BCUT2D eigenvalue weighted by Gasteiger charge is 2.14. The number of pyridine rings is 1. The molecule has 2 aromatic heterocycles. The van der Waals surface area contributed by atoms with Crippen molar-refractivity contribution in [2.75, 3.05) is 5.73 Å². The zero-order valence-corrected chi connectivity index (χ0v) is 13.4. The number of hydrogen-bond donors (Lipinski definition) is 1. The van der Waals surface area contributed by atoms with Crippen LogP contribution in [0.5, 0.6) is 5.75 Å². The molecule has 0 radical (unpaired) electrons. The molecule has 0 amide bonds. The number of benzene rings is 1. The second-order valence-corrected chi connectivity index (χ2v) is 5.58. The largest absolute Gasteiger partial charge is 0.489 e. The Balaban J connectivity index is 1.92.